The summed E-state index contributed by atoms with van der Waals surface area (Å²) in [7, 11) is -7.53. The summed E-state index contributed by atoms with van der Waals surface area (Å²) in [5.41, 5.74) is -2.39. The quantitative estimate of drug-likeness (QED) is 0.115. The van der Waals surface area contributed by atoms with Gasteiger partial charge in [-0.05, 0) is 36.0 Å². The van der Waals surface area contributed by atoms with E-state index in [9.17, 15) is 84.8 Å². The number of nitrogens with zero attached hydrogens (tertiary/aromatic N) is 1. The number of alkyl halides is 14. The number of amides is 1. The highest BCUT2D eigenvalue weighted by Gasteiger charge is 2.76. The Balaban J connectivity index is 2.34. The Labute approximate surface area is 243 Å². The highest BCUT2D eigenvalue weighted by atomic mass is 32.2. The average Bonchev–Trinajstić information content (AvgIpc) is 2.87. The Bertz CT molecular complexity index is 1480. The van der Waals surface area contributed by atoms with Crippen molar-refractivity contribution < 1.29 is 79.6 Å². The standard InChI is InChI=1S/C20H10F14N2O5S3/c21-15(22,17(25,26)27)19(31,32)42-12-4-2-1-3-10(12)35-14(37)8-43(40)13-6-5-9(7-11(13)36(38)39)44(41)20(33,34)16(23,24)18(28,29)30/h1-7H,8H2,(H,35,37). The van der Waals surface area contributed by atoms with Crippen molar-refractivity contribution in [1.29, 1.82) is 0 Å². The summed E-state index contributed by atoms with van der Waals surface area (Å²) in [4.78, 5) is 18.4. The molecule has 0 aliphatic heterocycles. The van der Waals surface area contributed by atoms with E-state index in [2.05, 4.69) is 0 Å². The number of halogens is 14. The number of benzene rings is 2. The number of carbonyl (C=O) groups is 1. The fourth-order valence-electron chi connectivity index (χ4n) is 2.79. The molecule has 0 heterocycles. The number of thioether (sulfide) groups is 1. The highest BCUT2D eigenvalue weighted by Crippen LogP contribution is 2.55. The van der Waals surface area contributed by atoms with Gasteiger partial charge < -0.3 is 5.32 Å². The van der Waals surface area contributed by atoms with Gasteiger partial charge in [-0.1, -0.05) is 12.1 Å². The maximum Gasteiger partial charge on any atom is 0.461 e. The molecule has 0 fully saturated rings. The molecule has 0 aromatic heterocycles. The molecule has 1 amide bonds. The van der Waals surface area contributed by atoms with Crippen LogP contribution in [-0.4, -0.2) is 59.7 Å². The van der Waals surface area contributed by atoms with Crippen molar-refractivity contribution in [3.63, 3.8) is 0 Å². The molecule has 0 saturated carbocycles. The molecule has 0 saturated heterocycles. The summed E-state index contributed by atoms with van der Waals surface area (Å²) in [6, 6.07) is 3.33. The van der Waals surface area contributed by atoms with Crippen molar-refractivity contribution in [2.24, 2.45) is 0 Å². The van der Waals surface area contributed by atoms with Gasteiger partial charge >= 0.3 is 34.7 Å². The minimum absolute atomic E-state index is 0.101. The zero-order chi connectivity index (χ0) is 34.3. The Morgan fingerprint density at radius 2 is 1.34 bits per heavy atom. The first-order valence-corrected chi connectivity index (χ1v) is 13.8. The molecule has 246 valence electrons. The van der Waals surface area contributed by atoms with Gasteiger partial charge in [-0.25, -0.2) is 4.21 Å². The van der Waals surface area contributed by atoms with Crippen LogP contribution in [0.4, 0.5) is 72.8 Å². The maximum atomic E-state index is 13.8. The molecule has 7 nitrogen and oxygen atoms in total. The van der Waals surface area contributed by atoms with E-state index in [4.69, 9.17) is 0 Å². The summed E-state index contributed by atoms with van der Waals surface area (Å²) < 4.78 is 207. The third-order valence-electron chi connectivity index (χ3n) is 4.92. The number of para-hydroxylation sites is 1. The average molecular weight is 720 g/mol. The fourth-order valence-corrected chi connectivity index (χ4v) is 5.79. The summed E-state index contributed by atoms with van der Waals surface area (Å²) >= 11 is -1.32. The Kier molecular flexibility index (Phi) is 10.5. The second-order valence-electron chi connectivity index (χ2n) is 7.97. The van der Waals surface area contributed by atoms with Crippen molar-refractivity contribution in [1.82, 2.24) is 0 Å². The molecule has 2 unspecified atom stereocenters. The van der Waals surface area contributed by atoms with Gasteiger partial charge in [-0.2, -0.15) is 61.5 Å². The SMILES string of the molecule is O=C(CS(=O)c1ccc(S(=O)C(F)(F)C(F)(F)C(F)(F)F)cc1[N+](=O)[O-])Nc1ccccc1SC(F)(F)C(F)(F)C(F)(F)F. The van der Waals surface area contributed by atoms with E-state index in [1.807, 2.05) is 0 Å². The van der Waals surface area contributed by atoms with Crippen molar-refractivity contribution >= 4 is 50.6 Å². The van der Waals surface area contributed by atoms with Gasteiger partial charge in [0.2, 0.25) is 5.91 Å². The molecule has 2 aromatic rings. The van der Waals surface area contributed by atoms with Crippen molar-refractivity contribution in [3.05, 3.63) is 52.6 Å². The lowest BCUT2D eigenvalue weighted by atomic mass is 10.3. The third kappa shape index (κ3) is 7.26. The monoisotopic (exact) mass is 720 g/mol. The molecular weight excluding hydrogens is 710 g/mol. The van der Waals surface area contributed by atoms with Crippen LogP contribution in [0.2, 0.25) is 0 Å². The second-order valence-corrected chi connectivity index (χ2v) is 12.1. The largest absolute Gasteiger partial charge is 0.461 e. The van der Waals surface area contributed by atoms with Gasteiger partial charge in [0.05, 0.1) is 26.3 Å². The first-order chi connectivity index (χ1) is 19.7. The predicted molar refractivity (Wildman–Crippen MR) is 124 cm³/mol. The Morgan fingerprint density at radius 3 is 1.84 bits per heavy atom. The summed E-state index contributed by atoms with van der Waals surface area (Å²) in [6.45, 7) is 0. The van der Waals surface area contributed by atoms with Crippen LogP contribution in [0.5, 0.6) is 0 Å². The van der Waals surface area contributed by atoms with Crippen LogP contribution in [0, 0.1) is 10.1 Å². The second kappa shape index (κ2) is 12.4. The number of rotatable bonds is 11. The van der Waals surface area contributed by atoms with E-state index in [1.54, 1.807) is 5.32 Å². The lowest BCUT2D eigenvalue weighted by molar-refractivity contribution is -0.388. The van der Waals surface area contributed by atoms with Gasteiger partial charge in [-0.15, -0.1) is 0 Å². The summed E-state index contributed by atoms with van der Waals surface area (Å²) in [5.74, 6) is -16.3. The minimum atomic E-state index is -6.90. The number of nitrogens with one attached hydrogen (secondary N) is 1. The number of nitro benzene ring substituents is 1. The lowest BCUT2D eigenvalue weighted by Gasteiger charge is -2.28. The van der Waals surface area contributed by atoms with Gasteiger partial charge in [0, 0.05) is 11.0 Å². The van der Waals surface area contributed by atoms with Gasteiger partial charge in [0.1, 0.15) is 21.4 Å². The molecule has 24 heteroatoms. The zero-order valence-corrected chi connectivity index (χ0v) is 22.7. The van der Waals surface area contributed by atoms with E-state index in [1.165, 1.54) is 0 Å². The number of hydrogen-bond donors (Lipinski definition) is 1. The van der Waals surface area contributed by atoms with Crippen LogP contribution in [0.3, 0.4) is 0 Å². The van der Waals surface area contributed by atoms with E-state index in [0.29, 0.717) is 6.07 Å². The van der Waals surface area contributed by atoms with Crippen LogP contribution in [0.1, 0.15) is 0 Å². The molecular formula is C20H10F14N2O5S3. The Hall–Kier alpha value is -3.02. The van der Waals surface area contributed by atoms with E-state index in [-0.39, 0.29) is 18.2 Å². The smallest absolute Gasteiger partial charge is 0.324 e. The Morgan fingerprint density at radius 1 is 0.818 bits per heavy atom. The molecule has 1 N–H and O–H groups in total. The molecule has 44 heavy (non-hydrogen) atoms. The molecule has 2 aromatic carbocycles. The van der Waals surface area contributed by atoms with Crippen molar-refractivity contribution in [2.45, 2.75) is 49.4 Å². The minimum Gasteiger partial charge on any atom is -0.324 e. The van der Waals surface area contributed by atoms with Crippen molar-refractivity contribution in [3.8, 4) is 0 Å². The third-order valence-corrected chi connectivity index (χ3v) is 8.78. The first-order valence-electron chi connectivity index (χ1n) is 10.5. The van der Waals surface area contributed by atoms with Crippen LogP contribution >= 0.6 is 11.8 Å². The maximum absolute atomic E-state index is 13.8. The van der Waals surface area contributed by atoms with Crippen LogP contribution in [0.25, 0.3) is 0 Å². The van der Waals surface area contributed by atoms with Gasteiger partial charge in [0.25, 0.3) is 5.69 Å². The summed E-state index contributed by atoms with van der Waals surface area (Å²) in [5, 5.41) is 0.910. The fraction of sp³-hybridized carbons (Fsp3) is 0.350. The van der Waals surface area contributed by atoms with Gasteiger partial charge in [-0.3, -0.25) is 19.1 Å². The topological polar surface area (TPSA) is 106 Å². The van der Waals surface area contributed by atoms with E-state index in [0.717, 1.165) is 18.2 Å². The molecule has 0 radical (unpaired) electrons. The van der Waals surface area contributed by atoms with E-state index >= 15 is 0 Å². The summed E-state index contributed by atoms with van der Waals surface area (Å²) in [6.07, 6.45) is -13.6. The number of hydrogen-bond acceptors (Lipinski definition) is 6. The van der Waals surface area contributed by atoms with E-state index < -0.39 is 111 Å². The normalized spacial score (nSPS) is 15.0. The lowest BCUT2D eigenvalue weighted by Crippen LogP contribution is -2.54. The first kappa shape index (κ1) is 37.2. The molecule has 0 aliphatic carbocycles. The molecule has 2 rings (SSSR count). The van der Waals surface area contributed by atoms with Gasteiger partial charge in [0.15, 0.2) is 0 Å². The number of nitro groups is 1. The number of anilines is 1. The molecule has 0 spiro atoms. The van der Waals surface area contributed by atoms with Crippen LogP contribution < -0.4 is 5.32 Å². The highest BCUT2D eigenvalue weighted by molar-refractivity contribution is 8.00. The molecule has 0 bridgehead atoms. The van der Waals surface area contributed by atoms with Crippen molar-refractivity contribution in [2.75, 3.05) is 11.1 Å². The van der Waals surface area contributed by atoms with Crippen LogP contribution in [0.15, 0.2) is 57.2 Å². The molecule has 0 aliphatic rings. The van der Waals surface area contributed by atoms with Crippen LogP contribution in [-0.2, 0) is 26.4 Å². The predicted octanol–water partition coefficient (Wildman–Crippen LogP) is 7.12. The number of carbonyl (C=O) groups excluding carboxylic acids is 1. The molecule has 2 atom stereocenters. The zero-order valence-electron chi connectivity index (χ0n) is 20.3.